The minimum atomic E-state index is -3.53. The van der Waals surface area contributed by atoms with Crippen LogP contribution in [0, 0.1) is 6.92 Å². The van der Waals surface area contributed by atoms with Gasteiger partial charge in [0.05, 0.1) is 4.90 Å². The molecule has 2 aromatic rings. The quantitative estimate of drug-likeness (QED) is 0.853. The van der Waals surface area contributed by atoms with Gasteiger partial charge in [0.2, 0.25) is 10.0 Å². The van der Waals surface area contributed by atoms with Crippen LogP contribution >= 0.6 is 11.3 Å². The second kappa shape index (κ2) is 5.44. The first-order valence-electron chi connectivity index (χ1n) is 6.92. The van der Waals surface area contributed by atoms with Gasteiger partial charge in [-0.05, 0) is 67.0 Å². The topological polar surface area (TPSA) is 72.2 Å². The van der Waals surface area contributed by atoms with Crippen molar-refractivity contribution in [3.05, 3.63) is 45.6 Å². The lowest BCUT2D eigenvalue weighted by Gasteiger charge is -2.24. The van der Waals surface area contributed by atoms with Crippen LogP contribution in [0.25, 0.3) is 0 Å². The molecule has 1 unspecified atom stereocenters. The number of sulfonamides is 1. The van der Waals surface area contributed by atoms with Gasteiger partial charge in [-0.1, -0.05) is 0 Å². The van der Waals surface area contributed by atoms with E-state index in [0.29, 0.717) is 16.1 Å². The largest absolute Gasteiger partial charge is 0.399 e. The third-order valence-electron chi connectivity index (χ3n) is 3.84. The van der Waals surface area contributed by atoms with Gasteiger partial charge in [0.25, 0.3) is 0 Å². The molecule has 0 aliphatic heterocycles. The summed E-state index contributed by atoms with van der Waals surface area (Å²) < 4.78 is 28.1. The normalized spacial score (nSPS) is 18.4. The number of thiophene rings is 1. The molecule has 3 N–H and O–H groups in total. The van der Waals surface area contributed by atoms with E-state index >= 15 is 0 Å². The van der Waals surface area contributed by atoms with Crippen LogP contribution in [-0.4, -0.2) is 8.42 Å². The fourth-order valence-corrected chi connectivity index (χ4v) is 5.30. The number of hydrogen-bond acceptors (Lipinski definition) is 4. The summed E-state index contributed by atoms with van der Waals surface area (Å²) in [6.45, 7) is 1.77. The molecular formula is C15H18N2O2S2. The molecule has 0 fully saturated rings. The zero-order valence-corrected chi connectivity index (χ0v) is 13.4. The number of nitrogen functional groups attached to an aromatic ring is 1. The van der Waals surface area contributed by atoms with Crippen LogP contribution in [0.15, 0.2) is 34.5 Å². The summed E-state index contributed by atoms with van der Waals surface area (Å²) >= 11 is 1.70. The van der Waals surface area contributed by atoms with Crippen molar-refractivity contribution in [2.24, 2.45) is 0 Å². The number of nitrogens with one attached hydrogen (secondary N) is 1. The summed E-state index contributed by atoms with van der Waals surface area (Å²) in [4.78, 5) is 1.60. The van der Waals surface area contributed by atoms with Crippen LogP contribution in [0.3, 0.4) is 0 Å². The fraction of sp³-hybridized carbons (Fsp3) is 0.333. The highest BCUT2D eigenvalue weighted by Gasteiger charge is 2.27. The molecule has 1 aliphatic carbocycles. The molecule has 21 heavy (non-hydrogen) atoms. The Morgan fingerprint density at radius 1 is 1.33 bits per heavy atom. The van der Waals surface area contributed by atoms with E-state index in [-0.39, 0.29) is 6.04 Å². The van der Waals surface area contributed by atoms with Crippen LogP contribution in [0.4, 0.5) is 5.69 Å². The summed E-state index contributed by atoms with van der Waals surface area (Å²) in [6, 6.07) is 6.79. The van der Waals surface area contributed by atoms with Gasteiger partial charge >= 0.3 is 0 Å². The Morgan fingerprint density at radius 2 is 2.14 bits per heavy atom. The molecule has 0 spiro atoms. The van der Waals surface area contributed by atoms with E-state index < -0.39 is 10.0 Å². The second-order valence-corrected chi connectivity index (χ2v) is 8.07. The van der Waals surface area contributed by atoms with Crippen molar-refractivity contribution in [1.29, 1.82) is 0 Å². The molecule has 112 valence electrons. The number of hydrogen-bond donors (Lipinski definition) is 2. The van der Waals surface area contributed by atoms with E-state index in [1.54, 1.807) is 36.5 Å². The lowest BCUT2D eigenvalue weighted by Crippen LogP contribution is -2.31. The standard InChI is InChI=1S/C15H18N2O2S2/c1-10-9-11(16)5-6-15(10)21(18,19)17-13-3-2-4-14-12(13)7-8-20-14/h5-9,13,17H,2-4,16H2,1H3. The Hall–Kier alpha value is -1.37. The minimum Gasteiger partial charge on any atom is -0.399 e. The average Bonchev–Trinajstić information content (AvgIpc) is 2.87. The molecule has 3 rings (SSSR count). The number of anilines is 1. The second-order valence-electron chi connectivity index (χ2n) is 5.39. The average molecular weight is 322 g/mol. The van der Waals surface area contributed by atoms with E-state index in [4.69, 9.17) is 5.73 Å². The molecule has 0 amide bonds. The predicted octanol–water partition coefficient (Wildman–Crippen LogP) is 2.99. The van der Waals surface area contributed by atoms with Gasteiger partial charge in [0.15, 0.2) is 0 Å². The predicted molar refractivity (Wildman–Crippen MR) is 85.9 cm³/mol. The molecule has 4 nitrogen and oxygen atoms in total. The summed E-state index contributed by atoms with van der Waals surface area (Å²) in [5, 5.41) is 2.03. The van der Waals surface area contributed by atoms with Crippen LogP contribution < -0.4 is 10.5 Å². The molecular weight excluding hydrogens is 304 g/mol. The Kier molecular flexibility index (Phi) is 3.77. The van der Waals surface area contributed by atoms with Gasteiger partial charge in [-0.2, -0.15) is 0 Å². The maximum atomic E-state index is 12.6. The Morgan fingerprint density at radius 3 is 2.90 bits per heavy atom. The third-order valence-corrected chi connectivity index (χ3v) is 6.47. The lowest BCUT2D eigenvalue weighted by atomic mass is 9.95. The number of aryl methyl sites for hydroxylation is 2. The van der Waals surface area contributed by atoms with E-state index in [1.807, 2.05) is 11.4 Å². The number of nitrogens with two attached hydrogens (primary N) is 1. The van der Waals surface area contributed by atoms with Gasteiger partial charge in [0.1, 0.15) is 0 Å². The molecule has 6 heteroatoms. The minimum absolute atomic E-state index is 0.123. The smallest absolute Gasteiger partial charge is 0.241 e. The maximum Gasteiger partial charge on any atom is 0.241 e. The van der Waals surface area contributed by atoms with Crippen molar-refractivity contribution in [3.8, 4) is 0 Å². The fourth-order valence-electron chi connectivity index (χ4n) is 2.83. The van der Waals surface area contributed by atoms with Crippen molar-refractivity contribution in [1.82, 2.24) is 4.72 Å². The van der Waals surface area contributed by atoms with Crippen molar-refractivity contribution >= 4 is 27.0 Å². The molecule has 0 bridgehead atoms. The summed E-state index contributed by atoms with van der Waals surface area (Å²) in [6.07, 6.45) is 2.91. The first-order valence-corrected chi connectivity index (χ1v) is 9.28. The molecule has 1 aromatic heterocycles. The molecule has 1 aliphatic rings. The van der Waals surface area contributed by atoms with Gasteiger partial charge in [-0.15, -0.1) is 11.3 Å². The molecule has 0 saturated heterocycles. The maximum absolute atomic E-state index is 12.6. The van der Waals surface area contributed by atoms with Crippen molar-refractivity contribution in [3.63, 3.8) is 0 Å². The highest BCUT2D eigenvalue weighted by atomic mass is 32.2. The van der Waals surface area contributed by atoms with E-state index in [9.17, 15) is 8.42 Å². The summed E-state index contributed by atoms with van der Waals surface area (Å²) in [5.41, 5.74) is 8.06. The summed E-state index contributed by atoms with van der Waals surface area (Å²) in [7, 11) is -3.53. The molecule has 1 aromatic carbocycles. The SMILES string of the molecule is Cc1cc(N)ccc1S(=O)(=O)NC1CCCc2sccc21. The van der Waals surface area contributed by atoms with Crippen molar-refractivity contribution < 1.29 is 8.42 Å². The highest BCUT2D eigenvalue weighted by molar-refractivity contribution is 7.89. The zero-order valence-electron chi connectivity index (χ0n) is 11.8. The molecule has 0 radical (unpaired) electrons. The van der Waals surface area contributed by atoms with Crippen LogP contribution in [0.2, 0.25) is 0 Å². The van der Waals surface area contributed by atoms with E-state index in [2.05, 4.69) is 4.72 Å². The van der Waals surface area contributed by atoms with Crippen LogP contribution in [0.5, 0.6) is 0 Å². The van der Waals surface area contributed by atoms with Crippen LogP contribution in [-0.2, 0) is 16.4 Å². The molecule has 1 atom stereocenters. The number of fused-ring (bicyclic) bond motifs is 1. The van der Waals surface area contributed by atoms with E-state index in [0.717, 1.165) is 24.8 Å². The number of benzene rings is 1. The monoisotopic (exact) mass is 322 g/mol. The molecule has 1 heterocycles. The number of rotatable bonds is 3. The Balaban J connectivity index is 1.91. The van der Waals surface area contributed by atoms with E-state index in [1.165, 1.54) is 4.88 Å². The van der Waals surface area contributed by atoms with Gasteiger partial charge < -0.3 is 5.73 Å². The summed E-state index contributed by atoms with van der Waals surface area (Å²) in [5.74, 6) is 0. The highest BCUT2D eigenvalue weighted by Crippen LogP contribution is 2.34. The van der Waals surface area contributed by atoms with Gasteiger partial charge in [0, 0.05) is 16.6 Å². The zero-order chi connectivity index (χ0) is 15.0. The Bertz CT molecular complexity index is 766. The first-order chi connectivity index (χ1) is 9.97. The molecule has 0 saturated carbocycles. The van der Waals surface area contributed by atoms with Gasteiger partial charge in [-0.25, -0.2) is 13.1 Å². The third kappa shape index (κ3) is 2.84. The van der Waals surface area contributed by atoms with Gasteiger partial charge in [-0.3, -0.25) is 0 Å². The van der Waals surface area contributed by atoms with Crippen LogP contribution in [0.1, 0.15) is 34.9 Å². The Labute approximate surface area is 129 Å². The first kappa shape index (κ1) is 14.6. The van der Waals surface area contributed by atoms with Crippen molar-refractivity contribution in [2.45, 2.75) is 37.1 Å². The lowest BCUT2D eigenvalue weighted by molar-refractivity contribution is 0.511. The van der Waals surface area contributed by atoms with Crippen molar-refractivity contribution in [2.75, 3.05) is 5.73 Å².